The Balaban J connectivity index is 2.98. The zero-order chi connectivity index (χ0) is 25.5. The van der Waals surface area contributed by atoms with Gasteiger partial charge in [0.25, 0.3) is 0 Å². The first kappa shape index (κ1) is 29.4. The minimum absolute atomic E-state index is 0.0218. The number of aliphatic hydroxyl groups excluding tert-OH is 1. The maximum atomic E-state index is 13.1. The summed E-state index contributed by atoms with van der Waals surface area (Å²) in [6.45, 7) is -0.407. The second-order valence-corrected chi connectivity index (χ2v) is 8.64. The predicted molar refractivity (Wildman–Crippen MR) is 127 cm³/mol. The number of carboxylic acid groups (broad SMARTS) is 1. The number of aliphatic hydroxyl groups is 1. The maximum absolute atomic E-state index is 13.1. The van der Waals surface area contributed by atoms with Crippen molar-refractivity contribution in [2.24, 2.45) is 11.5 Å². The van der Waals surface area contributed by atoms with Gasteiger partial charge >= 0.3 is 5.97 Å². The molecule has 0 saturated heterocycles. The third kappa shape index (κ3) is 10.5. The highest BCUT2D eigenvalue weighted by Gasteiger charge is 2.30. The molecule has 1 rings (SSSR count). The fourth-order valence-electron chi connectivity index (χ4n) is 2.97. The molecule has 0 aromatic carbocycles. The van der Waals surface area contributed by atoms with Gasteiger partial charge in [-0.2, -0.15) is 11.8 Å². The van der Waals surface area contributed by atoms with Gasteiger partial charge in [-0.05, 0) is 44.2 Å². The molecule has 4 unspecified atom stereocenters. The second kappa shape index (κ2) is 16.0. The third-order valence-corrected chi connectivity index (χ3v) is 5.60. The Morgan fingerprint density at radius 1 is 1.06 bits per heavy atom. The molecule has 0 saturated carbocycles. The molecule has 10 N–H and O–H groups in total. The summed E-state index contributed by atoms with van der Waals surface area (Å²) < 4.78 is 0. The molecule has 0 aliphatic heterocycles. The molecule has 1 aromatic rings. The van der Waals surface area contributed by atoms with Crippen LogP contribution in [0, 0.1) is 0 Å². The molecule has 34 heavy (non-hydrogen) atoms. The van der Waals surface area contributed by atoms with Gasteiger partial charge in [0.2, 0.25) is 17.7 Å². The molecule has 13 nitrogen and oxygen atoms in total. The summed E-state index contributed by atoms with van der Waals surface area (Å²) in [6.07, 6.45) is 6.62. The maximum Gasteiger partial charge on any atom is 0.328 e. The first-order valence-electron chi connectivity index (χ1n) is 10.9. The number of nitrogens with two attached hydrogens (primary N) is 2. The van der Waals surface area contributed by atoms with Crippen molar-refractivity contribution in [3.8, 4) is 0 Å². The smallest absolute Gasteiger partial charge is 0.328 e. The molecule has 0 aliphatic rings. The minimum atomic E-state index is -1.54. The monoisotopic (exact) mass is 501 g/mol. The fraction of sp³-hybridized carbons (Fsp3) is 0.650. The van der Waals surface area contributed by atoms with Crippen LogP contribution in [0.4, 0.5) is 0 Å². The molecule has 1 aromatic heterocycles. The number of aromatic amines is 1. The van der Waals surface area contributed by atoms with Crippen LogP contribution in [0.15, 0.2) is 12.5 Å². The third-order valence-electron chi connectivity index (χ3n) is 4.96. The Bertz CT molecular complexity index is 779. The molecule has 192 valence electrons. The number of carboxylic acids is 1. The summed E-state index contributed by atoms with van der Waals surface area (Å²) in [7, 11) is 0. The van der Waals surface area contributed by atoms with Crippen LogP contribution in [0.3, 0.4) is 0 Å². The Labute approximate surface area is 202 Å². The van der Waals surface area contributed by atoms with E-state index < -0.39 is 54.5 Å². The topological polar surface area (TPSA) is 226 Å². The van der Waals surface area contributed by atoms with Crippen molar-refractivity contribution >= 4 is 35.5 Å². The average Bonchev–Trinajstić information content (AvgIpc) is 3.32. The summed E-state index contributed by atoms with van der Waals surface area (Å²) in [5, 5.41) is 25.7. The molecule has 4 atom stereocenters. The highest BCUT2D eigenvalue weighted by atomic mass is 32.2. The number of thioether (sulfide) groups is 1. The van der Waals surface area contributed by atoms with E-state index in [1.807, 2.05) is 6.26 Å². The number of hydrogen-bond acceptors (Lipinski definition) is 9. The fourth-order valence-corrected chi connectivity index (χ4v) is 3.46. The average molecular weight is 502 g/mol. The van der Waals surface area contributed by atoms with Gasteiger partial charge in [-0.15, -0.1) is 0 Å². The normalized spacial score (nSPS) is 14.5. The van der Waals surface area contributed by atoms with Crippen molar-refractivity contribution in [3.05, 3.63) is 18.2 Å². The van der Waals surface area contributed by atoms with Gasteiger partial charge in [0.15, 0.2) is 0 Å². The molecule has 0 fully saturated rings. The number of imidazole rings is 1. The van der Waals surface area contributed by atoms with Crippen molar-refractivity contribution in [1.82, 2.24) is 25.9 Å². The van der Waals surface area contributed by atoms with Crippen LogP contribution >= 0.6 is 11.8 Å². The lowest BCUT2D eigenvalue weighted by Crippen LogP contribution is -2.58. The summed E-state index contributed by atoms with van der Waals surface area (Å²) in [4.78, 5) is 56.2. The van der Waals surface area contributed by atoms with Crippen LogP contribution in [0.2, 0.25) is 0 Å². The van der Waals surface area contributed by atoms with Crippen LogP contribution in [-0.2, 0) is 25.6 Å². The van der Waals surface area contributed by atoms with E-state index in [1.54, 1.807) is 11.8 Å². The summed E-state index contributed by atoms with van der Waals surface area (Å²) >= 11 is 1.55. The molecule has 14 heteroatoms. The van der Waals surface area contributed by atoms with E-state index in [2.05, 4.69) is 25.9 Å². The highest BCUT2D eigenvalue weighted by Crippen LogP contribution is 2.06. The quantitative estimate of drug-likeness (QED) is 0.106. The summed E-state index contributed by atoms with van der Waals surface area (Å²) in [5.74, 6) is -2.66. The minimum Gasteiger partial charge on any atom is -0.480 e. The van der Waals surface area contributed by atoms with E-state index >= 15 is 0 Å². The Morgan fingerprint density at radius 2 is 1.71 bits per heavy atom. The SMILES string of the molecule is CSCCC(N)C(=O)NC(CCCCN)C(=O)NC(Cc1cnc[nH]1)C(=O)NC(CO)C(=O)O. The van der Waals surface area contributed by atoms with Gasteiger partial charge in [0.05, 0.1) is 19.0 Å². The second-order valence-electron chi connectivity index (χ2n) is 7.66. The van der Waals surface area contributed by atoms with Gasteiger partial charge in [-0.25, -0.2) is 9.78 Å². The van der Waals surface area contributed by atoms with Gasteiger partial charge in [0, 0.05) is 18.3 Å². The van der Waals surface area contributed by atoms with Crippen molar-refractivity contribution < 1.29 is 29.4 Å². The molecular formula is C20H35N7O6S. The summed E-state index contributed by atoms with van der Waals surface area (Å²) in [5.41, 5.74) is 12.0. The largest absolute Gasteiger partial charge is 0.480 e. The van der Waals surface area contributed by atoms with Crippen LogP contribution < -0.4 is 27.4 Å². The van der Waals surface area contributed by atoms with E-state index in [4.69, 9.17) is 16.6 Å². The van der Waals surface area contributed by atoms with Gasteiger partial charge in [-0.3, -0.25) is 14.4 Å². The zero-order valence-electron chi connectivity index (χ0n) is 19.2. The number of carbonyl (C=O) groups excluding carboxylic acids is 3. The van der Waals surface area contributed by atoms with E-state index in [-0.39, 0.29) is 12.8 Å². The standard InChI is InChI=1S/C20H35N7O6S/c1-34-7-5-13(22)17(29)25-14(4-2-3-6-21)18(30)26-15(8-12-9-23-11-24-12)19(31)27-16(10-28)20(32)33/h9,11,13-16,28H,2-8,10,21-22H2,1H3,(H,23,24)(H,25,29)(H,26,30)(H,27,31)(H,32,33). The Kier molecular flexibility index (Phi) is 13.8. The highest BCUT2D eigenvalue weighted by molar-refractivity contribution is 7.98. The van der Waals surface area contributed by atoms with Gasteiger partial charge in [0.1, 0.15) is 18.1 Å². The number of nitrogens with one attached hydrogen (secondary N) is 4. The lowest BCUT2D eigenvalue weighted by molar-refractivity contribution is -0.143. The van der Waals surface area contributed by atoms with Crippen molar-refractivity contribution in [2.45, 2.75) is 56.3 Å². The van der Waals surface area contributed by atoms with Crippen molar-refractivity contribution in [3.63, 3.8) is 0 Å². The van der Waals surface area contributed by atoms with Gasteiger partial charge < -0.3 is 42.6 Å². The van der Waals surface area contributed by atoms with E-state index in [9.17, 15) is 24.3 Å². The predicted octanol–water partition coefficient (Wildman–Crippen LogP) is -2.31. The van der Waals surface area contributed by atoms with Crippen LogP contribution in [0.25, 0.3) is 0 Å². The van der Waals surface area contributed by atoms with E-state index in [0.717, 1.165) is 0 Å². The molecule has 0 spiro atoms. The van der Waals surface area contributed by atoms with Crippen molar-refractivity contribution in [1.29, 1.82) is 0 Å². The number of hydrogen-bond donors (Lipinski definition) is 8. The van der Waals surface area contributed by atoms with Crippen LogP contribution in [0.5, 0.6) is 0 Å². The lowest BCUT2D eigenvalue weighted by atomic mass is 10.1. The molecular weight excluding hydrogens is 466 g/mol. The molecule has 0 radical (unpaired) electrons. The number of unbranched alkanes of at least 4 members (excludes halogenated alkanes) is 1. The summed E-state index contributed by atoms with van der Waals surface area (Å²) in [6, 6.07) is -4.49. The first-order valence-corrected chi connectivity index (χ1v) is 12.3. The Hall–Kier alpha value is -2.68. The number of aliphatic carboxylic acids is 1. The first-order chi connectivity index (χ1) is 16.2. The van der Waals surface area contributed by atoms with Gasteiger partial charge in [-0.1, -0.05) is 0 Å². The molecule has 0 aliphatic carbocycles. The lowest BCUT2D eigenvalue weighted by Gasteiger charge is -2.25. The van der Waals surface area contributed by atoms with E-state index in [1.165, 1.54) is 12.5 Å². The molecule has 3 amide bonds. The van der Waals surface area contributed by atoms with E-state index in [0.29, 0.717) is 37.3 Å². The van der Waals surface area contributed by atoms with Crippen LogP contribution in [-0.4, -0.2) is 93.2 Å². The van der Waals surface area contributed by atoms with Crippen LogP contribution in [0.1, 0.15) is 31.4 Å². The zero-order valence-corrected chi connectivity index (χ0v) is 20.0. The number of rotatable bonds is 17. The number of carbonyl (C=O) groups is 4. The number of nitrogens with zero attached hydrogens (tertiary/aromatic N) is 1. The van der Waals surface area contributed by atoms with Crippen molar-refractivity contribution in [2.75, 3.05) is 25.2 Å². The number of aromatic nitrogens is 2. The number of amides is 3. The molecule has 1 heterocycles. The number of H-pyrrole nitrogens is 1. The Morgan fingerprint density at radius 3 is 2.26 bits per heavy atom. The molecule has 0 bridgehead atoms.